The molecule has 1 unspecified atom stereocenters. The fourth-order valence-electron chi connectivity index (χ4n) is 1.34. The summed E-state index contributed by atoms with van der Waals surface area (Å²) in [4.78, 5) is 0. The molecule has 0 saturated heterocycles. The van der Waals surface area contributed by atoms with Crippen LogP contribution in [0.3, 0.4) is 0 Å². The van der Waals surface area contributed by atoms with Crippen molar-refractivity contribution in [1.29, 1.82) is 0 Å². The second-order valence-corrected chi connectivity index (χ2v) is 3.68. The highest BCUT2D eigenvalue weighted by Gasteiger charge is 2.10. The molecule has 0 amide bonds. The summed E-state index contributed by atoms with van der Waals surface area (Å²) in [6.45, 7) is 4.31. The van der Waals surface area contributed by atoms with Gasteiger partial charge in [-0.05, 0) is 36.5 Å². The summed E-state index contributed by atoms with van der Waals surface area (Å²) in [5, 5.41) is 9.09. The normalized spacial score (nSPS) is 23.4. The molecule has 0 saturated carbocycles. The molecule has 0 aromatic carbocycles. The minimum atomic E-state index is 0.140. The molecule has 1 N–H and O–H groups in total. The average molecular weight is 182 g/mol. The summed E-state index contributed by atoms with van der Waals surface area (Å²) < 4.78 is 5.39. The van der Waals surface area contributed by atoms with Gasteiger partial charge in [0.15, 0.2) is 0 Å². The highest BCUT2D eigenvalue weighted by Crippen LogP contribution is 2.16. The van der Waals surface area contributed by atoms with E-state index in [0.29, 0.717) is 5.92 Å². The van der Waals surface area contributed by atoms with Gasteiger partial charge < -0.3 is 9.84 Å². The van der Waals surface area contributed by atoms with Crippen molar-refractivity contribution < 1.29 is 9.84 Å². The highest BCUT2D eigenvalue weighted by atomic mass is 16.5. The van der Waals surface area contributed by atoms with Crippen molar-refractivity contribution in [2.45, 2.75) is 32.8 Å². The number of allylic oxidation sites excluding steroid dienone is 1. The Morgan fingerprint density at radius 2 is 2.46 bits per heavy atom. The van der Waals surface area contributed by atoms with Gasteiger partial charge in [0.05, 0.1) is 12.9 Å². The molecule has 0 spiro atoms. The molecule has 2 nitrogen and oxygen atoms in total. The molecule has 0 aromatic heterocycles. The number of hydrogen-bond donors (Lipinski definition) is 1. The molecule has 0 fully saturated rings. The van der Waals surface area contributed by atoms with E-state index < -0.39 is 0 Å². The Hall–Kier alpha value is -0.760. The van der Waals surface area contributed by atoms with Gasteiger partial charge in [0.1, 0.15) is 6.10 Å². The zero-order chi connectivity index (χ0) is 9.68. The van der Waals surface area contributed by atoms with Crippen molar-refractivity contribution in [1.82, 2.24) is 0 Å². The maximum absolute atomic E-state index is 9.09. The van der Waals surface area contributed by atoms with E-state index in [-0.39, 0.29) is 12.7 Å². The maximum atomic E-state index is 9.09. The first-order valence-corrected chi connectivity index (χ1v) is 4.86. The molecule has 1 rings (SSSR count). The fraction of sp³-hybridized carbons (Fsp3) is 0.636. The highest BCUT2D eigenvalue weighted by molar-refractivity contribution is 5.09. The summed E-state index contributed by atoms with van der Waals surface area (Å²) >= 11 is 0. The lowest BCUT2D eigenvalue weighted by atomic mass is 10.0. The van der Waals surface area contributed by atoms with E-state index in [1.54, 1.807) is 6.26 Å². The molecule has 0 bridgehead atoms. The van der Waals surface area contributed by atoms with Gasteiger partial charge >= 0.3 is 0 Å². The first kappa shape index (κ1) is 10.3. The third-order valence-electron chi connectivity index (χ3n) is 2.29. The lowest BCUT2D eigenvalue weighted by Crippen LogP contribution is -2.12. The lowest BCUT2D eigenvalue weighted by molar-refractivity contribution is 0.162. The van der Waals surface area contributed by atoms with Crippen molar-refractivity contribution in [2.24, 2.45) is 5.92 Å². The van der Waals surface area contributed by atoms with Gasteiger partial charge in [0.25, 0.3) is 0 Å². The van der Waals surface area contributed by atoms with Crippen molar-refractivity contribution in [3.8, 4) is 0 Å². The molecule has 1 aliphatic rings. The van der Waals surface area contributed by atoms with Crippen molar-refractivity contribution in [3.05, 3.63) is 24.0 Å². The van der Waals surface area contributed by atoms with Crippen LogP contribution in [-0.2, 0) is 4.74 Å². The molecular weight excluding hydrogens is 164 g/mol. The minimum absolute atomic E-state index is 0.140. The number of aliphatic hydroxyl groups is 1. The van der Waals surface area contributed by atoms with Crippen LogP contribution in [0.15, 0.2) is 24.0 Å². The van der Waals surface area contributed by atoms with Gasteiger partial charge in [-0.2, -0.15) is 0 Å². The van der Waals surface area contributed by atoms with Gasteiger partial charge in [0.2, 0.25) is 0 Å². The summed E-state index contributed by atoms with van der Waals surface area (Å²) in [5.74, 6) is 0.402. The van der Waals surface area contributed by atoms with E-state index in [4.69, 9.17) is 9.84 Å². The Kier molecular flexibility index (Phi) is 4.03. The fourth-order valence-corrected chi connectivity index (χ4v) is 1.34. The first-order chi connectivity index (χ1) is 6.24. The Labute approximate surface area is 79.9 Å². The quantitative estimate of drug-likeness (QED) is 0.678. The van der Waals surface area contributed by atoms with E-state index in [2.05, 4.69) is 13.8 Å². The molecule has 1 aliphatic heterocycles. The van der Waals surface area contributed by atoms with Crippen LogP contribution in [0, 0.1) is 5.92 Å². The Balaban J connectivity index is 2.55. The summed E-state index contributed by atoms with van der Waals surface area (Å²) in [6.07, 6.45) is 8.08. The minimum Gasteiger partial charge on any atom is -0.494 e. The second kappa shape index (κ2) is 5.07. The van der Waals surface area contributed by atoms with Gasteiger partial charge in [0, 0.05) is 0 Å². The van der Waals surface area contributed by atoms with E-state index >= 15 is 0 Å². The van der Waals surface area contributed by atoms with Crippen LogP contribution in [0.2, 0.25) is 0 Å². The van der Waals surface area contributed by atoms with Crippen LogP contribution >= 0.6 is 0 Å². The lowest BCUT2D eigenvalue weighted by Gasteiger charge is -2.18. The monoisotopic (exact) mass is 182 g/mol. The Morgan fingerprint density at radius 3 is 2.92 bits per heavy atom. The predicted octanol–water partition coefficient (Wildman–Crippen LogP) is 2.25. The predicted molar refractivity (Wildman–Crippen MR) is 53.3 cm³/mol. The molecule has 1 heterocycles. The van der Waals surface area contributed by atoms with Crippen LogP contribution in [0.25, 0.3) is 0 Å². The Morgan fingerprint density at radius 1 is 1.69 bits per heavy atom. The topological polar surface area (TPSA) is 29.5 Å². The van der Waals surface area contributed by atoms with E-state index in [1.807, 2.05) is 12.2 Å². The van der Waals surface area contributed by atoms with Gasteiger partial charge in [-0.25, -0.2) is 0 Å². The number of hydrogen-bond acceptors (Lipinski definition) is 2. The molecular formula is C11H18O2. The van der Waals surface area contributed by atoms with Gasteiger partial charge in [-0.1, -0.05) is 13.8 Å². The van der Waals surface area contributed by atoms with E-state index in [1.165, 1.54) is 0 Å². The van der Waals surface area contributed by atoms with Crippen LogP contribution < -0.4 is 0 Å². The zero-order valence-corrected chi connectivity index (χ0v) is 8.36. The summed E-state index contributed by atoms with van der Waals surface area (Å²) in [7, 11) is 0. The van der Waals surface area contributed by atoms with Gasteiger partial charge in [-0.15, -0.1) is 0 Å². The molecule has 74 valence electrons. The number of rotatable bonds is 3. The van der Waals surface area contributed by atoms with E-state index in [0.717, 1.165) is 18.4 Å². The SMILES string of the molecule is CC(C)C(=CC1CCC=CO1)CO. The third kappa shape index (κ3) is 3.23. The molecule has 1 atom stereocenters. The third-order valence-corrected chi connectivity index (χ3v) is 2.29. The maximum Gasteiger partial charge on any atom is 0.117 e. The summed E-state index contributed by atoms with van der Waals surface area (Å²) in [5.41, 5.74) is 1.07. The molecule has 0 aromatic rings. The van der Waals surface area contributed by atoms with Crippen LogP contribution in [0.5, 0.6) is 0 Å². The zero-order valence-electron chi connectivity index (χ0n) is 8.36. The largest absolute Gasteiger partial charge is 0.494 e. The smallest absolute Gasteiger partial charge is 0.117 e. The molecule has 13 heavy (non-hydrogen) atoms. The van der Waals surface area contributed by atoms with Crippen LogP contribution in [-0.4, -0.2) is 17.8 Å². The standard InChI is InChI=1S/C11H18O2/c1-9(2)10(8-12)7-11-5-3-4-6-13-11/h4,6-7,9,11-12H,3,5,8H2,1-2H3. The number of aliphatic hydroxyl groups excluding tert-OH is 1. The average Bonchev–Trinajstić information content (AvgIpc) is 2.15. The Bertz CT molecular complexity index is 204. The van der Waals surface area contributed by atoms with Crippen molar-refractivity contribution >= 4 is 0 Å². The molecule has 2 heteroatoms. The van der Waals surface area contributed by atoms with Crippen molar-refractivity contribution in [3.63, 3.8) is 0 Å². The first-order valence-electron chi connectivity index (χ1n) is 4.86. The van der Waals surface area contributed by atoms with E-state index in [9.17, 15) is 0 Å². The number of ether oxygens (including phenoxy) is 1. The van der Waals surface area contributed by atoms with Crippen molar-refractivity contribution in [2.75, 3.05) is 6.61 Å². The van der Waals surface area contributed by atoms with Gasteiger partial charge in [-0.3, -0.25) is 0 Å². The molecule has 0 radical (unpaired) electrons. The second-order valence-electron chi connectivity index (χ2n) is 3.68. The van der Waals surface area contributed by atoms with Crippen LogP contribution in [0.1, 0.15) is 26.7 Å². The van der Waals surface area contributed by atoms with Crippen LogP contribution in [0.4, 0.5) is 0 Å². The molecule has 0 aliphatic carbocycles. The summed E-state index contributed by atoms with van der Waals surface area (Å²) in [6, 6.07) is 0.